The highest BCUT2D eigenvalue weighted by molar-refractivity contribution is 9.10. The Morgan fingerprint density at radius 3 is 2.83 bits per heavy atom. The predicted octanol–water partition coefficient (Wildman–Crippen LogP) is 2.62. The van der Waals surface area contributed by atoms with Gasteiger partial charge in [-0.3, -0.25) is 4.79 Å². The van der Waals surface area contributed by atoms with Gasteiger partial charge in [0.1, 0.15) is 5.82 Å². The third kappa shape index (κ3) is 2.90. The molecule has 2 atom stereocenters. The molecule has 0 unspecified atom stereocenters. The van der Waals surface area contributed by atoms with Gasteiger partial charge in [0, 0.05) is 0 Å². The summed E-state index contributed by atoms with van der Waals surface area (Å²) in [7, 11) is 0. The van der Waals surface area contributed by atoms with Gasteiger partial charge in [-0.15, -0.1) is 0 Å². The zero-order valence-electron chi connectivity index (χ0n) is 9.83. The van der Waals surface area contributed by atoms with Gasteiger partial charge in [-0.1, -0.05) is 18.9 Å². The Morgan fingerprint density at radius 2 is 2.11 bits per heavy atom. The number of aliphatic hydroxyl groups is 1. The molecule has 3 nitrogen and oxygen atoms in total. The summed E-state index contributed by atoms with van der Waals surface area (Å²) in [6.07, 6.45) is 2.94. The number of aliphatic hydroxyl groups excluding tert-OH is 1. The molecule has 0 radical (unpaired) electrons. The monoisotopic (exact) mass is 315 g/mol. The van der Waals surface area contributed by atoms with E-state index in [0.717, 1.165) is 19.3 Å². The Bertz CT molecular complexity index is 453. The second-order valence-corrected chi connectivity index (χ2v) is 5.33. The average Bonchev–Trinajstić information content (AvgIpc) is 2.35. The number of nitrogens with one attached hydrogen (secondary N) is 1. The van der Waals surface area contributed by atoms with Crippen molar-refractivity contribution in [3.8, 4) is 0 Å². The van der Waals surface area contributed by atoms with Crippen LogP contribution < -0.4 is 5.32 Å². The van der Waals surface area contributed by atoms with E-state index in [2.05, 4.69) is 21.2 Å². The maximum atomic E-state index is 13.3. The fraction of sp³-hybridized carbons (Fsp3) is 0.462. The first-order valence-electron chi connectivity index (χ1n) is 6.02. The van der Waals surface area contributed by atoms with E-state index in [4.69, 9.17) is 0 Å². The minimum Gasteiger partial charge on any atom is -0.391 e. The first-order chi connectivity index (χ1) is 8.59. The molecule has 1 saturated carbocycles. The molecule has 1 fully saturated rings. The number of halogens is 2. The van der Waals surface area contributed by atoms with E-state index in [1.807, 2.05) is 0 Å². The van der Waals surface area contributed by atoms with E-state index in [9.17, 15) is 14.3 Å². The Kier molecular flexibility index (Phi) is 4.35. The normalized spacial score (nSPS) is 23.7. The van der Waals surface area contributed by atoms with Crippen LogP contribution in [0.5, 0.6) is 0 Å². The lowest BCUT2D eigenvalue weighted by atomic mass is 9.92. The van der Waals surface area contributed by atoms with Gasteiger partial charge in [0.2, 0.25) is 0 Å². The first-order valence-corrected chi connectivity index (χ1v) is 6.82. The molecule has 0 bridgehead atoms. The summed E-state index contributed by atoms with van der Waals surface area (Å²) in [4.78, 5) is 12.0. The maximum absolute atomic E-state index is 13.3. The van der Waals surface area contributed by atoms with Crippen LogP contribution in [0, 0.1) is 5.82 Å². The molecule has 0 aliphatic heterocycles. The summed E-state index contributed by atoms with van der Waals surface area (Å²) >= 11 is 3.06. The summed E-state index contributed by atoms with van der Waals surface area (Å²) in [5.41, 5.74) is 0.257. The van der Waals surface area contributed by atoms with Crippen LogP contribution in [0.4, 0.5) is 4.39 Å². The van der Waals surface area contributed by atoms with Crippen LogP contribution in [0.15, 0.2) is 22.7 Å². The Balaban J connectivity index is 2.09. The van der Waals surface area contributed by atoms with Gasteiger partial charge in [-0.2, -0.15) is 0 Å². The fourth-order valence-corrected chi connectivity index (χ4v) is 2.65. The van der Waals surface area contributed by atoms with Crippen LogP contribution in [0.2, 0.25) is 0 Å². The van der Waals surface area contributed by atoms with Crippen molar-refractivity contribution in [3.05, 3.63) is 34.1 Å². The summed E-state index contributed by atoms with van der Waals surface area (Å²) in [6.45, 7) is 0. The highest BCUT2D eigenvalue weighted by atomic mass is 79.9. The smallest absolute Gasteiger partial charge is 0.252 e. The van der Waals surface area contributed by atoms with Crippen LogP contribution in [0.3, 0.4) is 0 Å². The first kappa shape index (κ1) is 13.5. The Morgan fingerprint density at radius 1 is 1.39 bits per heavy atom. The largest absolute Gasteiger partial charge is 0.391 e. The molecule has 1 aromatic carbocycles. The SMILES string of the molecule is O=C(N[C@@H]1CCCC[C@H]1O)c1cccc(F)c1Br. The van der Waals surface area contributed by atoms with Crippen molar-refractivity contribution in [1.82, 2.24) is 5.32 Å². The fourth-order valence-electron chi connectivity index (χ4n) is 2.20. The molecule has 0 heterocycles. The number of carbonyl (C=O) groups excluding carboxylic acids is 1. The van der Waals surface area contributed by atoms with Crippen molar-refractivity contribution in [1.29, 1.82) is 0 Å². The Labute approximate surface area is 114 Å². The molecule has 0 aromatic heterocycles. The van der Waals surface area contributed by atoms with Crippen LogP contribution in [-0.2, 0) is 0 Å². The van der Waals surface area contributed by atoms with Gasteiger partial charge in [0.05, 0.1) is 22.2 Å². The van der Waals surface area contributed by atoms with Gasteiger partial charge in [-0.05, 0) is 40.9 Å². The second-order valence-electron chi connectivity index (χ2n) is 4.53. The summed E-state index contributed by atoms with van der Waals surface area (Å²) < 4.78 is 13.5. The average molecular weight is 316 g/mol. The van der Waals surface area contributed by atoms with E-state index in [1.54, 1.807) is 6.07 Å². The van der Waals surface area contributed by atoms with Crippen molar-refractivity contribution in [2.75, 3.05) is 0 Å². The molecular weight excluding hydrogens is 301 g/mol. The van der Waals surface area contributed by atoms with Crippen LogP contribution in [0.25, 0.3) is 0 Å². The Hall–Kier alpha value is -0.940. The van der Waals surface area contributed by atoms with Crippen LogP contribution in [-0.4, -0.2) is 23.2 Å². The minimum absolute atomic E-state index is 0.160. The molecule has 0 spiro atoms. The highest BCUT2D eigenvalue weighted by Crippen LogP contribution is 2.22. The molecule has 2 N–H and O–H groups in total. The maximum Gasteiger partial charge on any atom is 0.252 e. The molecule has 0 saturated heterocycles. The number of carbonyl (C=O) groups is 1. The van der Waals surface area contributed by atoms with E-state index < -0.39 is 11.9 Å². The van der Waals surface area contributed by atoms with E-state index in [1.165, 1.54) is 12.1 Å². The predicted molar refractivity (Wildman–Crippen MR) is 69.8 cm³/mol. The topological polar surface area (TPSA) is 49.3 Å². The van der Waals surface area contributed by atoms with Crippen molar-refractivity contribution in [2.45, 2.75) is 37.8 Å². The van der Waals surface area contributed by atoms with Gasteiger partial charge >= 0.3 is 0 Å². The number of hydrogen-bond acceptors (Lipinski definition) is 2. The third-order valence-corrected chi connectivity index (χ3v) is 4.05. The van der Waals surface area contributed by atoms with Crippen molar-refractivity contribution in [3.63, 3.8) is 0 Å². The number of amides is 1. The molecule has 1 aliphatic rings. The van der Waals surface area contributed by atoms with E-state index >= 15 is 0 Å². The minimum atomic E-state index is -0.505. The molecular formula is C13H15BrFNO2. The molecule has 18 heavy (non-hydrogen) atoms. The van der Waals surface area contributed by atoms with Crippen molar-refractivity contribution in [2.24, 2.45) is 0 Å². The molecule has 1 aliphatic carbocycles. The summed E-state index contributed by atoms with van der Waals surface area (Å²) in [5.74, 6) is -0.820. The zero-order valence-corrected chi connectivity index (χ0v) is 11.4. The molecule has 2 rings (SSSR count). The third-order valence-electron chi connectivity index (χ3n) is 3.24. The van der Waals surface area contributed by atoms with Gasteiger partial charge in [0.25, 0.3) is 5.91 Å². The zero-order chi connectivity index (χ0) is 13.1. The molecule has 5 heteroatoms. The lowest BCUT2D eigenvalue weighted by molar-refractivity contribution is 0.0716. The summed E-state index contributed by atoms with van der Waals surface area (Å²) in [5, 5.41) is 12.6. The van der Waals surface area contributed by atoms with Crippen LogP contribution in [0.1, 0.15) is 36.0 Å². The lowest BCUT2D eigenvalue weighted by Crippen LogP contribution is -2.45. The molecule has 1 aromatic rings. The highest BCUT2D eigenvalue weighted by Gasteiger charge is 2.25. The molecule has 1 amide bonds. The number of benzene rings is 1. The molecule has 98 valence electrons. The van der Waals surface area contributed by atoms with E-state index in [0.29, 0.717) is 6.42 Å². The lowest BCUT2D eigenvalue weighted by Gasteiger charge is -2.28. The van der Waals surface area contributed by atoms with Crippen molar-refractivity contribution >= 4 is 21.8 Å². The van der Waals surface area contributed by atoms with Crippen LogP contribution >= 0.6 is 15.9 Å². The quantitative estimate of drug-likeness (QED) is 0.881. The van der Waals surface area contributed by atoms with Gasteiger partial charge in [0.15, 0.2) is 0 Å². The standard InChI is InChI=1S/C13H15BrFNO2/c14-12-8(4-3-5-9(12)15)13(18)16-10-6-1-2-7-11(10)17/h3-5,10-11,17H,1-2,6-7H2,(H,16,18)/t10-,11-/m1/s1. The van der Waals surface area contributed by atoms with E-state index in [-0.39, 0.29) is 22.0 Å². The van der Waals surface area contributed by atoms with Crippen molar-refractivity contribution < 1.29 is 14.3 Å². The number of rotatable bonds is 2. The second kappa shape index (κ2) is 5.80. The number of hydrogen-bond donors (Lipinski definition) is 2. The summed E-state index contributed by atoms with van der Waals surface area (Å²) in [6, 6.07) is 4.10. The van der Waals surface area contributed by atoms with Gasteiger partial charge in [-0.25, -0.2) is 4.39 Å². The van der Waals surface area contributed by atoms with Gasteiger partial charge < -0.3 is 10.4 Å².